The van der Waals surface area contributed by atoms with Crippen molar-refractivity contribution >= 4 is 0 Å². The van der Waals surface area contributed by atoms with E-state index in [1.807, 2.05) is 0 Å². The number of halogens is 3. The van der Waals surface area contributed by atoms with Gasteiger partial charge in [-0.15, -0.1) is 0 Å². The van der Waals surface area contributed by atoms with Crippen molar-refractivity contribution < 1.29 is 65.8 Å². The van der Waals surface area contributed by atoms with Gasteiger partial charge < -0.3 is 37.2 Å². The average Bonchev–Trinajstić information content (AvgIpc) is 2.63. The zero-order valence-corrected chi connectivity index (χ0v) is 13.0. The molecule has 16 heavy (non-hydrogen) atoms. The molecule has 0 spiro atoms. The molecule has 0 unspecified atom stereocenters. The topological polar surface area (TPSA) is 18.5 Å². The van der Waals surface area contributed by atoms with Gasteiger partial charge in [-0.05, 0) is 0 Å². The predicted octanol–water partition coefficient (Wildman–Crippen LogP) is -6.99. The fourth-order valence-electron chi connectivity index (χ4n) is 1.11. The van der Waals surface area contributed by atoms with Gasteiger partial charge in [0.15, 0.2) is 0 Å². The minimum Gasteiger partial charge on any atom is -1.00 e. The molecule has 0 saturated heterocycles. The molecule has 1 aliphatic rings. The van der Waals surface area contributed by atoms with Gasteiger partial charge in [-0.25, -0.2) is 0 Å². The zero-order valence-electron chi connectivity index (χ0n) is 9.22. The molecule has 6 heteroatoms. The molecule has 0 aromatic carbocycles. The summed E-state index contributed by atoms with van der Waals surface area (Å²) < 4.78 is 13.2. The van der Waals surface area contributed by atoms with Crippen LogP contribution in [-0.4, -0.2) is 26.9 Å². The van der Waals surface area contributed by atoms with Crippen LogP contribution in [0.2, 0.25) is 4.73 Å². The Balaban J connectivity index is -0.000000563. The van der Waals surface area contributed by atoms with Crippen LogP contribution < -0.4 is 37.2 Å². The van der Waals surface area contributed by atoms with E-state index in [-0.39, 0.29) is 56.4 Å². The third kappa shape index (κ3) is 11.5. The molecular formula is C10H16Cl3O2Ti. The van der Waals surface area contributed by atoms with Gasteiger partial charge in [0.25, 0.3) is 0 Å². The van der Waals surface area contributed by atoms with Crippen LogP contribution in [0, 0.1) is 0 Å². The molecule has 2 nitrogen and oxygen atoms in total. The Morgan fingerprint density at radius 1 is 1.19 bits per heavy atom. The monoisotopic (exact) mass is 321 g/mol. The van der Waals surface area contributed by atoms with Gasteiger partial charge >= 0.3 is 88.8 Å². The first-order chi connectivity index (χ1) is 6.43. The molecule has 1 aliphatic carbocycles. The van der Waals surface area contributed by atoms with Crippen molar-refractivity contribution in [1.29, 1.82) is 0 Å². The number of rotatable bonds is 7. The molecule has 0 fully saturated rings. The van der Waals surface area contributed by atoms with Crippen LogP contribution in [0.15, 0.2) is 22.1 Å². The first-order valence-corrected chi connectivity index (χ1v) is 6.48. The number of methoxy groups -OCH3 is 1. The van der Waals surface area contributed by atoms with E-state index in [4.69, 9.17) is 9.47 Å². The Kier molecular flexibility index (Phi) is 22.2. The van der Waals surface area contributed by atoms with Crippen molar-refractivity contribution in [2.24, 2.45) is 0 Å². The second-order valence-electron chi connectivity index (χ2n) is 2.86. The van der Waals surface area contributed by atoms with Gasteiger partial charge in [0.2, 0.25) is 0 Å². The van der Waals surface area contributed by atoms with Crippen LogP contribution in [0.4, 0.5) is 0 Å². The summed E-state index contributed by atoms with van der Waals surface area (Å²) in [6.07, 6.45) is 7.84. The first-order valence-electron chi connectivity index (χ1n) is 4.59. The van der Waals surface area contributed by atoms with Crippen LogP contribution >= 0.6 is 0 Å². The fraction of sp³-hybridized carbons (Fsp3) is 0.600. The van der Waals surface area contributed by atoms with Crippen molar-refractivity contribution in [3.8, 4) is 0 Å². The van der Waals surface area contributed by atoms with Crippen LogP contribution in [-0.2, 0) is 28.6 Å². The van der Waals surface area contributed by atoms with Gasteiger partial charge in [-0.1, -0.05) is 0 Å². The van der Waals surface area contributed by atoms with Crippen LogP contribution in [0.5, 0.6) is 0 Å². The van der Waals surface area contributed by atoms with E-state index in [1.54, 1.807) is 11.0 Å². The molecule has 0 atom stereocenters. The van der Waals surface area contributed by atoms with Gasteiger partial charge in [0.1, 0.15) is 0 Å². The molecule has 0 aromatic heterocycles. The SMILES string of the molecule is COCCOC[CH2][Ti+3][C]1=CC=CC1.[Cl-].[Cl-].[Cl-]. The van der Waals surface area contributed by atoms with E-state index in [2.05, 4.69) is 18.2 Å². The van der Waals surface area contributed by atoms with E-state index < -0.39 is 0 Å². The van der Waals surface area contributed by atoms with Crippen molar-refractivity contribution in [3.05, 3.63) is 22.1 Å². The Hall–Kier alpha value is 0.984. The van der Waals surface area contributed by atoms with Crippen molar-refractivity contribution in [2.75, 3.05) is 26.9 Å². The predicted molar refractivity (Wildman–Crippen MR) is 49.3 cm³/mol. The molecule has 1 rings (SSSR count). The minimum absolute atomic E-state index is 0. The maximum atomic E-state index is 5.39. The van der Waals surface area contributed by atoms with Gasteiger partial charge in [-0.3, -0.25) is 0 Å². The van der Waals surface area contributed by atoms with E-state index in [0.717, 1.165) is 13.2 Å². The summed E-state index contributed by atoms with van der Waals surface area (Å²) in [7, 11) is 1.70. The summed E-state index contributed by atoms with van der Waals surface area (Å²) in [6.45, 7) is 2.35. The number of hydrogen-bond donors (Lipinski definition) is 0. The summed E-state index contributed by atoms with van der Waals surface area (Å²) in [4.78, 5) is 0. The second kappa shape index (κ2) is 16.0. The van der Waals surface area contributed by atoms with Crippen LogP contribution in [0.3, 0.4) is 0 Å². The Morgan fingerprint density at radius 3 is 2.50 bits per heavy atom. The smallest absolute Gasteiger partial charge is 1.00 e. The van der Waals surface area contributed by atoms with Crippen molar-refractivity contribution in [2.45, 2.75) is 11.1 Å². The van der Waals surface area contributed by atoms with E-state index in [0.29, 0.717) is 6.61 Å². The molecule has 0 N–H and O–H groups in total. The molecule has 93 valence electrons. The number of ether oxygens (including phenoxy) is 2. The van der Waals surface area contributed by atoms with E-state index in [1.165, 1.54) is 11.1 Å². The number of hydrogen-bond acceptors (Lipinski definition) is 2. The first kappa shape index (κ1) is 22.2. The third-order valence-corrected chi connectivity index (χ3v) is 3.80. The standard InChI is InChI=1S/C5H11O2.C5H5.3ClH.Ti/c1-3-7-5-4-6-2;1-2-4-5-3-1;;;;/h1,3-5H2,2H3;1-3H,4H2;3*1H;/q;;;;;+3/p-3. The van der Waals surface area contributed by atoms with Crippen molar-refractivity contribution in [3.63, 3.8) is 0 Å². The Morgan fingerprint density at radius 2 is 1.94 bits per heavy atom. The molecule has 0 bridgehead atoms. The zero-order chi connectivity index (χ0) is 9.36. The maximum Gasteiger partial charge on any atom is -1.00 e. The normalized spacial score (nSPS) is 11.7. The Bertz CT molecular complexity index is 199. The summed E-state index contributed by atoms with van der Waals surface area (Å²) >= 11 is 0.104. The molecule has 0 heterocycles. The van der Waals surface area contributed by atoms with Gasteiger partial charge in [0, 0.05) is 0 Å². The van der Waals surface area contributed by atoms with Crippen LogP contribution in [0.25, 0.3) is 0 Å². The summed E-state index contributed by atoms with van der Waals surface area (Å²) in [5.41, 5.74) is 0. The fourth-order valence-corrected chi connectivity index (χ4v) is 2.74. The molecule has 0 aromatic rings. The van der Waals surface area contributed by atoms with E-state index >= 15 is 0 Å². The maximum absolute atomic E-state index is 5.39. The third-order valence-electron chi connectivity index (χ3n) is 1.80. The summed E-state index contributed by atoms with van der Waals surface area (Å²) in [5, 5.41) is 0. The quantitative estimate of drug-likeness (QED) is 0.343. The summed E-state index contributed by atoms with van der Waals surface area (Å²) in [5.74, 6) is 0. The van der Waals surface area contributed by atoms with Crippen LogP contribution in [0.1, 0.15) is 6.42 Å². The number of allylic oxidation sites excluding steroid dienone is 4. The molecule has 0 radical (unpaired) electrons. The minimum atomic E-state index is 0. The summed E-state index contributed by atoms with van der Waals surface area (Å²) in [6, 6.07) is 0. The van der Waals surface area contributed by atoms with Gasteiger partial charge in [0.05, 0.1) is 0 Å². The van der Waals surface area contributed by atoms with E-state index in [9.17, 15) is 0 Å². The second-order valence-corrected chi connectivity index (χ2v) is 5.19. The Labute approximate surface area is 125 Å². The molecule has 0 amide bonds. The molecule has 0 saturated carbocycles. The average molecular weight is 322 g/mol. The largest absolute Gasteiger partial charge is 1.00 e. The van der Waals surface area contributed by atoms with Crippen molar-refractivity contribution in [1.82, 2.24) is 0 Å². The molecular weight excluding hydrogens is 306 g/mol. The van der Waals surface area contributed by atoms with Gasteiger partial charge in [-0.2, -0.15) is 0 Å². The molecule has 0 aliphatic heterocycles.